The lowest BCUT2D eigenvalue weighted by Gasteiger charge is -2.38. The molecule has 2 aliphatic carbocycles. The first-order valence-electron chi connectivity index (χ1n) is 9.54. The smallest absolute Gasteiger partial charge is 0.338 e. The van der Waals surface area contributed by atoms with Crippen molar-refractivity contribution in [3.63, 3.8) is 0 Å². The molecule has 1 aromatic carbocycles. The lowest BCUT2D eigenvalue weighted by atomic mass is 9.80. The van der Waals surface area contributed by atoms with Crippen LogP contribution in [0.3, 0.4) is 0 Å². The summed E-state index contributed by atoms with van der Waals surface area (Å²) in [7, 11) is 0. The van der Waals surface area contributed by atoms with Crippen LogP contribution in [0.4, 0.5) is 11.4 Å². The van der Waals surface area contributed by atoms with Gasteiger partial charge < -0.3 is 20.4 Å². The number of hydrogen-bond donors (Lipinski definition) is 2. The van der Waals surface area contributed by atoms with Crippen LogP contribution in [0.2, 0.25) is 0 Å². The molecule has 1 aromatic rings. The Kier molecular flexibility index (Phi) is 5.73. The van der Waals surface area contributed by atoms with Crippen molar-refractivity contribution in [3.8, 4) is 0 Å². The molecule has 0 heterocycles. The molecule has 0 aliphatic heterocycles. The van der Waals surface area contributed by atoms with E-state index in [1.165, 1.54) is 11.1 Å². The topological polar surface area (TPSA) is 119 Å². The molecule has 0 saturated heterocycles. The van der Waals surface area contributed by atoms with Gasteiger partial charge in [-0.25, -0.2) is 4.79 Å². The van der Waals surface area contributed by atoms with Crippen LogP contribution in [-0.2, 0) is 4.74 Å². The third-order valence-corrected chi connectivity index (χ3v) is 6.06. The summed E-state index contributed by atoms with van der Waals surface area (Å²) in [5.41, 5.74) is 2.60. The predicted octanol–water partition coefficient (Wildman–Crippen LogP) is 4.70. The highest BCUT2D eigenvalue weighted by Gasteiger charge is 2.42. The average molecular weight is 402 g/mol. The van der Waals surface area contributed by atoms with Gasteiger partial charge in [0.1, 0.15) is 6.10 Å². The number of hydrogen-bond acceptors (Lipinski definition) is 8. The number of anilines is 2. The van der Waals surface area contributed by atoms with Crippen LogP contribution < -0.4 is 10.5 Å². The zero-order valence-electron chi connectivity index (χ0n) is 16.8. The molecule has 29 heavy (non-hydrogen) atoms. The number of fused-ring (bicyclic) bond motifs is 1. The first-order valence-corrected chi connectivity index (χ1v) is 9.54. The minimum Gasteiger partial charge on any atom is -0.769 e. The van der Waals surface area contributed by atoms with Crippen LogP contribution in [0.5, 0.6) is 0 Å². The number of benzene rings is 1. The molecule has 3 rings (SSSR count). The lowest BCUT2D eigenvalue weighted by Crippen LogP contribution is -2.33. The van der Waals surface area contributed by atoms with Gasteiger partial charge in [0.15, 0.2) is 0 Å². The summed E-state index contributed by atoms with van der Waals surface area (Å²) in [6.45, 7) is 10.5. The molecule has 0 bridgehead atoms. The maximum absolute atomic E-state index is 12.8. The maximum Gasteiger partial charge on any atom is 0.338 e. The Bertz CT molecular complexity index is 832. The van der Waals surface area contributed by atoms with Crippen molar-refractivity contribution in [1.82, 2.24) is 0 Å². The predicted molar refractivity (Wildman–Crippen MR) is 108 cm³/mol. The van der Waals surface area contributed by atoms with Crippen molar-refractivity contribution < 1.29 is 19.9 Å². The fourth-order valence-electron chi connectivity index (χ4n) is 4.31. The van der Waals surface area contributed by atoms with Gasteiger partial charge in [0, 0.05) is 23.4 Å². The number of carbonyl (C=O) groups excluding carboxylic acids is 1. The van der Waals surface area contributed by atoms with Gasteiger partial charge in [-0.05, 0) is 44.4 Å². The number of rotatable bonds is 4. The Balaban J connectivity index is 1.88. The number of carbonyl (C=O) groups is 1. The second-order valence-electron chi connectivity index (χ2n) is 8.60. The van der Waals surface area contributed by atoms with Crippen molar-refractivity contribution in [2.24, 2.45) is 11.3 Å². The van der Waals surface area contributed by atoms with Crippen LogP contribution >= 0.6 is 0 Å². The van der Waals surface area contributed by atoms with Crippen molar-refractivity contribution in [3.05, 3.63) is 57.5 Å². The van der Waals surface area contributed by atoms with Crippen LogP contribution in [0.15, 0.2) is 41.5 Å². The van der Waals surface area contributed by atoms with Crippen LogP contribution in [0, 0.1) is 21.7 Å². The molecule has 8 nitrogen and oxygen atoms in total. The van der Waals surface area contributed by atoms with Gasteiger partial charge in [-0.15, -0.1) is 5.23 Å². The molecule has 1 fully saturated rings. The van der Waals surface area contributed by atoms with E-state index in [0.717, 1.165) is 43.0 Å². The van der Waals surface area contributed by atoms with E-state index in [1.54, 1.807) is 0 Å². The van der Waals surface area contributed by atoms with E-state index in [2.05, 4.69) is 13.5 Å². The third-order valence-electron chi connectivity index (χ3n) is 6.06. The van der Waals surface area contributed by atoms with Gasteiger partial charge in [0.05, 0.1) is 11.3 Å². The molecule has 0 amide bonds. The highest BCUT2D eigenvalue weighted by Crippen LogP contribution is 2.49. The minimum atomic E-state index is -0.750. The molecule has 0 aromatic heterocycles. The Hall–Kier alpha value is -2.39. The molecule has 8 heteroatoms. The zero-order chi connectivity index (χ0) is 21.5. The van der Waals surface area contributed by atoms with Crippen LogP contribution in [-0.4, -0.2) is 22.5 Å². The van der Waals surface area contributed by atoms with Gasteiger partial charge >= 0.3 is 5.97 Å². The zero-order valence-corrected chi connectivity index (χ0v) is 16.8. The van der Waals surface area contributed by atoms with Gasteiger partial charge in [-0.2, -0.15) is 0 Å². The van der Waals surface area contributed by atoms with Crippen molar-refractivity contribution in [2.45, 2.75) is 52.6 Å². The van der Waals surface area contributed by atoms with Crippen LogP contribution in [0.25, 0.3) is 0 Å². The third kappa shape index (κ3) is 4.30. The van der Waals surface area contributed by atoms with Gasteiger partial charge in [0.2, 0.25) is 0 Å². The largest absolute Gasteiger partial charge is 0.769 e. The lowest BCUT2D eigenvalue weighted by molar-refractivity contribution is -0.00589. The van der Waals surface area contributed by atoms with E-state index in [-0.39, 0.29) is 21.9 Å². The van der Waals surface area contributed by atoms with Crippen molar-refractivity contribution >= 4 is 17.3 Å². The number of esters is 1. The minimum absolute atomic E-state index is 0.122. The normalized spacial score (nSPS) is 23.5. The second kappa shape index (κ2) is 7.79. The first-order chi connectivity index (χ1) is 13.5. The van der Waals surface area contributed by atoms with E-state index < -0.39 is 23.0 Å². The summed E-state index contributed by atoms with van der Waals surface area (Å²) in [5.74, 6) is -0.430. The first kappa shape index (κ1) is 21.3. The summed E-state index contributed by atoms with van der Waals surface area (Å²) in [6, 6.07) is 3.15. The van der Waals surface area contributed by atoms with Gasteiger partial charge in [-0.3, -0.25) is 10.4 Å². The summed E-state index contributed by atoms with van der Waals surface area (Å²) in [6.07, 6.45) is 2.97. The fourth-order valence-corrected chi connectivity index (χ4v) is 4.31. The van der Waals surface area contributed by atoms with E-state index >= 15 is 0 Å². The molecule has 2 aliphatic rings. The molecule has 2 atom stereocenters. The molecule has 158 valence electrons. The average Bonchev–Trinajstić information content (AvgIpc) is 2.96. The van der Waals surface area contributed by atoms with Crippen molar-refractivity contribution in [2.75, 3.05) is 10.5 Å². The number of nitrogens with zero attached hydrogens (tertiary/aromatic N) is 2. The summed E-state index contributed by atoms with van der Waals surface area (Å²) < 4.78 is 5.79. The molecular weight excluding hydrogens is 376 g/mol. The van der Waals surface area contributed by atoms with E-state index in [1.807, 2.05) is 13.8 Å². The standard InChI is InChI=1S/C21H26N2O6/c1-12-5-6-17-13(2)7-19(21(3,4)11-18(12)17)29-20(24)14-8-15(22(25)26)10-16(9-14)23(27)28/h8-10,17,19,25-26H,2,5-7,11H2,1,3-4H3/q-2/t17-,19-/m1/s1. The monoisotopic (exact) mass is 402 g/mol. The molecule has 0 unspecified atom stereocenters. The number of allylic oxidation sites excluding steroid dienone is 2. The molecular formula is C21H26N2O6-2. The summed E-state index contributed by atoms with van der Waals surface area (Å²) >= 11 is 0. The Morgan fingerprint density at radius 2 is 1.90 bits per heavy atom. The quantitative estimate of drug-likeness (QED) is 0.422. The van der Waals surface area contributed by atoms with Crippen LogP contribution in [0.1, 0.15) is 56.8 Å². The second-order valence-corrected chi connectivity index (χ2v) is 8.60. The highest BCUT2D eigenvalue weighted by molar-refractivity contribution is 5.92. The molecule has 0 spiro atoms. The van der Waals surface area contributed by atoms with Gasteiger partial charge in [0.25, 0.3) is 0 Å². The maximum atomic E-state index is 12.8. The molecule has 2 N–H and O–H groups in total. The van der Waals surface area contributed by atoms with Gasteiger partial charge in [-0.1, -0.05) is 37.1 Å². The summed E-state index contributed by atoms with van der Waals surface area (Å²) in [5, 5.41) is 39.7. The Labute approximate surface area is 169 Å². The van der Waals surface area contributed by atoms with Crippen molar-refractivity contribution in [1.29, 1.82) is 0 Å². The SMILES string of the molecule is C=C1C[C@@H](OC(=O)c2cc(N([O-])[O-])cc(N(O)O)c2)C(C)(C)CC2=C(C)CC[C@H]12. The summed E-state index contributed by atoms with van der Waals surface area (Å²) in [4.78, 5) is 12.8. The van der Waals surface area contributed by atoms with E-state index in [0.29, 0.717) is 12.3 Å². The Morgan fingerprint density at radius 1 is 1.24 bits per heavy atom. The highest BCUT2D eigenvalue weighted by atomic mass is 16.8. The number of ether oxygens (including phenoxy) is 1. The van der Waals surface area contributed by atoms with E-state index in [4.69, 9.17) is 4.74 Å². The van der Waals surface area contributed by atoms with E-state index in [9.17, 15) is 25.6 Å². The molecule has 1 saturated carbocycles. The molecule has 0 radical (unpaired) electrons. The fraction of sp³-hybridized carbons (Fsp3) is 0.476. The Morgan fingerprint density at radius 3 is 2.52 bits per heavy atom.